The maximum Gasteiger partial charge on any atom is 0.0959 e. The summed E-state index contributed by atoms with van der Waals surface area (Å²) in [5.74, 6) is 1.33. The van der Waals surface area contributed by atoms with Crippen LogP contribution in [0.2, 0.25) is 0 Å². The summed E-state index contributed by atoms with van der Waals surface area (Å²) in [6, 6.07) is 0. The summed E-state index contributed by atoms with van der Waals surface area (Å²) in [7, 11) is 0. The van der Waals surface area contributed by atoms with Gasteiger partial charge in [0.25, 0.3) is 0 Å². The fourth-order valence-corrected chi connectivity index (χ4v) is 4.21. The molecule has 0 amide bonds. The lowest BCUT2D eigenvalue weighted by Crippen LogP contribution is -2.25. The fraction of sp³-hybridized carbons (Fsp3) is 0.812. The lowest BCUT2D eigenvalue weighted by atomic mass is 9.83. The minimum atomic E-state index is -0.0358. The van der Waals surface area contributed by atoms with Crippen molar-refractivity contribution in [2.24, 2.45) is 5.92 Å². The highest BCUT2D eigenvalue weighted by atomic mass is 32.1. The Hall–Kier alpha value is -0.450. The molecule has 2 N–H and O–H groups in total. The van der Waals surface area contributed by atoms with Crippen LogP contribution in [0.15, 0.2) is 6.20 Å². The topological polar surface area (TPSA) is 45.1 Å². The summed E-state index contributed by atoms with van der Waals surface area (Å²) in [5.41, 5.74) is 0. The Bertz CT molecular complexity index is 416. The monoisotopic (exact) mass is 294 g/mol. The Balaban J connectivity index is 1.29. The molecule has 0 saturated heterocycles. The van der Waals surface area contributed by atoms with Crippen molar-refractivity contribution >= 4 is 11.3 Å². The number of hydrogen-bond donors (Lipinski definition) is 2. The van der Waals surface area contributed by atoms with E-state index in [1.807, 2.05) is 17.5 Å². The molecule has 2 unspecified atom stereocenters. The third-order valence-corrected chi connectivity index (χ3v) is 5.75. The normalized spacial score (nSPS) is 26.9. The van der Waals surface area contributed by atoms with Crippen molar-refractivity contribution < 1.29 is 5.11 Å². The summed E-state index contributed by atoms with van der Waals surface area (Å²) in [6.07, 6.45) is 11.8. The van der Waals surface area contributed by atoms with Crippen LogP contribution in [-0.4, -0.2) is 22.7 Å². The van der Waals surface area contributed by atoms with E-state index in [1.54, 1.807) is 0 Å². The molecule has 2 aliphatic carbocycles. The first-order valence-electron chi connectivity index (χ1n) is 8.16. The summed E-state index contributed by atoms with van der Waals surface area (Å²) < 4.78 is 0. The highest BCUT2D eigenvalue weighted by Gasteiger charge is 2.26. The molecule has 1 aromatic rings. The van der Waals surface area contributed by atoms with Crippen LogP contribution < -0.4 is 5.32 Å². The van der Waals surface area contributed by atoms with Gasteiger partial charge in [-0.05, 0) is 51.0 Å². The Morgan fingerprint density at radius 1 is 1.25 bits per heavy atom. The van der Waals surface area contributed by atoms with Gasteiger partial charge in [-0.3, -0.25) is 0 Å². The molecule has 0 spiro atoms. The van der Waals surface area contributed by atoms with Gasteiger partial charge in [-0.1, -0.05) is 12.8 Å². The molecular weight excluding hydrogens is 268 g/mol. The number of nitrogens with one attached hydrogen (secondary N) is 1. The second-order valence-electron chi connectivity index (χ2n) is 6.37. The molecule has 4 heteroatoms. The second kappa shape index (κ2) is 7.01. The van der Waals surface area contributed by atoms with E-state index in [-0.39, 0.29) is 6.10 Å². The largest absolute Gasteiger partial charge is 0.393 e. The van der Waals surface area contributed by atoms with Crippen LogP contribution in [0.1, 0.15) is 67.2 Å². The molecule has 3 nitrogen and oxygen atoms in total. The maximum atomic E-state index is 9.94. The molecular formula is C16H26N2OS. The first-order valence-corrected chi connectivity index (χ1v) is 8.98. The minimum absolute atomic E-state index is 0.0358. The molecule has 20 heavy (non-hydrogen) atoms. The number of thiazole rings is 1. The van der Waals surface area contributed by atoms with Crippen molar-refractivity contribution in [1.82, 2.24) is 10.3 Å². The van der Waals surface area contributed by atoms with Gasteiger partial charge in [-0.2, -0.15) is 0 Å². The van der Waals surface area contributed by atoms with E-state index in [4.69, 9.17) is 0 Å². The molecule has 0 aromatic carbocycles. The smallest absolute Gasteiger partial charge is 0.0959 e. The van der Waals surface area contributed by atoms with Gasteiger partial charge in [0, 0.05) is 23.5 Å². The van der Waals surface area contributed by atoms with Gasteiger partial charge in [0.2, 0.25) is 0 Å². The van der Waals surface area contributed by atoms with E-state index in [0.29, 0.717) is 5.92 Å². The molecule has 0 aliphatic heterocycles. The lowest BCUT2D eigenvalue weighted by molar-refractivity contribution is 0.0643. The molecule has 2 atom stereocenters. The van der Waals surface area contributed by atoms with Gasteiger partial charge < -0.3 is 10.4 Å². The van der Waals surface area contributed by atoms with Crippen LogP contribution in [-0.2, 0) is 6.54 Å². The van der Waals surface area contributed by atoms with Gasteiger partial charge in [0.05, 0.1) is 11.1 Å². The van der Waals surface area contributed by atoms with Crippen molar-refractivity contribution in [2.45, 2.75) is 69.9 Å². The Kier molecular flexibility index (Phi) is 5.08. The van der Waals surface area contributed by atoms with Crippen LogP contribution in [0.5, 0.6) is 0 Å². The van der Waals surface area contributed by atoms with Gasteiger partial charge in [0.15, 0.2) is 0 Å². The van der Waals surface area contributed by atoms with E-state index in [9.17, 15) is 5.11 Å². The number of aromatic nitrogens is 1. The van der Waals surface area contributed by atoms with Gasteiger partial charge in [-0.15, -0.1) is 11.3 Å². The third-order valence-electron chi connectivity index (χ3n) is 4.59. The lowest BCUT2D eigenvalue weighted by Gasteiger charge is -2.27. The van der Waals surface area contributed by atoms with Gasteiger partial charge in [-0.25, -0.2) is 4.98 Å². The number of nitrogens with zero attached hydrogens (tertiary/aromatic N) is 1. The van der Waals surface area contributed by atoms with E-state index in [0.717, 1.165) is 25.4 Å². The third kappa shape index (κ3) is 4.03. The quantitative estimate of drug-likeness (QED) is 0.757. The van der Waals surface area contributed by atoms with Crippen LogP contribution in [0, 0.1) is 5.92 Å². The first-order chi connectivity index (χ1) is 9.83. The summed E-state index contributed by atoms with van der Waals surface area (Å²) in [4.78, 5) is 5.87. The predicted molar refractivity (Wildman–Crippen MR) is 83.0 cm³/mol. The second-order valence-corrected chi connectivity index (χ2v) is 7.52. The number of rotatable bonds is 7. The summed E-state index contributed by atoms with van der Waals surface area (Å²) >= 11 is 1.88. The standard InChI is InChI=1S/C16H26N2OS/c19-15-6-2-1-4-12(15)5-3-9-17-10-14-11-18-16(20-14)13-7-8-13/h11-13,15,17,19H,1-10H2. The number of hydrogen-bond acceptors (Lipinski definition) is 4. The van der Waals surface area contributed by atoms with Crippen LogP contribution in [0.4, 0.5) is 0 Å². The van der Waals surface area contributed by atoms with Crippen molar-refractivity contribution in [1.29, 1.82) is 0 Å². The molecule has 1 heterocycles. The Morgan fingerprint density at radius 2 is 2.10 bits per heavy atom. The molecule has 2 saturated carbocycles. The van der Waals surface area contributed by atoms with E-state index < -0.39 is 0 Å². The van der Waals surface area contributed by atoms with Crippen molar-refractivity contribution in [3.63, 3.8) is 0 Å². The fourth-order valence-electron chi connectivity index (χ4n) is 3.15. The first kappa shape index (κ1) is 14.5. The highest BCUT2D eigenvalue weighted by molar-refractivity contribution is 7.11. The zero-order chi connectivity index (χ0) is 13.8. The Morgan fingerprint density at radius 3 is 2.90 bits per heavy atom. The van der Waals surface area contributed by atoms with E-state index >= 15 is 0 Å². The van der Waals surface area contributed by atoms with Crippen molar-refractivity contribution in [2.75, 3.05) is 6.54 Å². The average Bonchev–Trinajstić information content (AvgIpc) is 3.20. The minimum Gasteiger partial charge on any atom is -0.393 e. The number of aliphatic hydroxyl groups excluding tert-OH is 1. The van der Waals surface area contributed by atoms with Gasteiger partial charge >= 0.3 is 0 Å². The SMILES string of the molecule is OC1CCCCC1CCCNCc1cnc(C2CC2)s1. The predicted octanol–water partition coefficient (Wildman–Crippen LogP) is 3.44. The summed E-state index contributed by atoms with van der Waals surface area (Å²) in [5, 5.41) is 14.8. The summed E-state index contributed by atoms with van der Waals surface area (Å²) in [6.45, 7) is 2.01. The molecule has 2 fully saturated rings. The highest BCUT2D eigenvalue weighted by Crippen LogP contribution is 2.41. The molecule has 1 aromatic heterocycles. The zero-order valence-electron chi connectivity index (χ0n) is 12.2. The molecule has 112 valence electrons. The van der Waals surface area contributed by atoms with Crippen molar-refractivity contribution in [3.8, 4) is 0 Å². The van der Waals surface area contributed by atoms with E-state index in [1.165, 1.54) is 54.8 Å². The Labute approximate surface area is 125 Å². The van der Waals surface area contributed by atoms with E-state index in [2.05, 4.69) is 10.3 Å². The average molecular weight is 294 g/mol. The number of aliphatic hydroxyl groups is 1. The van der Waals surface area contributed by atoms with Crippen LogP contribution in [0.25, 0.3) is 0 Å². The molecule has 0 bridgehead atoms. The molecule has 3 rings (SSSR count). The zero-order valence-corrected chi connectivity index (χ0v) is 13.0. The van der Waals surface area contributed by atoms with Crippen LogP contribution in [0.3, 0.4) is 0 Å². The molecule has 0 radical (unpaired) electrons. The molecule has 2 aliphatic rings. The van der Waals surface area contributed by atoms with Crippen LogP contribution >= 0.6 is 11.3 Å². The van der Waals surface area contributed by atoms with Gasteiger partial charge in [0.1, 0.15) is 0 Å². The maximum absolute atomic E-state index is 9.94. The van der Waals surface area contributed by atoms with Crippen molar-refractivity contribution in [3.05, 3.63) is 16.1 Å².